The molecule has 0 saturated carbocycles. The van der Waals surface area contributed by atoms with Crippen molar-refractivity contribution >= 4 is 92.5 Å². The van der Waals surface area contributed by atoms with E-state index in [0.717, 1.165) is 17.1 Å². The van der Waals surface area contributed by atoms with Crippen molar-refractivity contribution in [1.82, 2.24) is 0 Å². The molecule has 0 fully saturated rings. The fraction of sp³-hybridized carbons (Fsp3) is 0. The van der Waals surface area contributed by atoms with Crippen LogP contribution in [0, 0.1) is 0 Å². The molecule has 11 rings (SSSR count). The van der Waals surface area contributed by atoms with E-state index in [2.05, 4.69) is 193 Å². The van der Waals surface area contributed by atoms with Crippen LogP contribution in [0.5, 0.6) is 0 Å². The molecule has 0 aromatic heterocycles. The van der Waals surface area contributed by atoms with Gasteiger partial charge in [-0.3, -0.25) is 0 Å². The van der Waals surface area contributed by atoms with E-state index in [1.54, 1.807) is 0 Å². The van der Waals surface area contributed by atoms with Crippen molar-refractivity contribution < 1.29 is 0 Å². The summed E-state index contributed by atoms with van der Waals surface area (Å²) in [6, 6.07) is 69.5. The van der Waals surface area contributed by atoms with E-state index in [1.165, 1.54) is 86.5 Å². The van der Waals surface area contributed by atoms with Gasteiger partial charge in [0.1, 0.15) is 0 Å². The van der Waals surface area contributed by atoms with Gasteiger partial charge in [-0.2, -0.15) is 0 Å². The molecule has 51 heavy (non-hydrogen) atoms. The molecular weight excluding hydrogens is 615 g/mol. The molecule has 1 heteroatoms. The van der Waals surface area contributed by atoms with E-state index >= 15 is 0 Å². The maximum atomic E-state index is 2.41. The average molecular weight is 646 g/mol. The summed E-state index contributed by atoms with van der Waals surface area (Å²) in [6.45, 7) is 0. The lowest BCUT2D eigenvalue weighted by atomic mass is 9.88. The Morgan fingerprint density at radius 1 is 0.255 bits per heavy atom. The predicted octanol–water partition coefficient (Wildman–Crippen LogP) is 14.3. The predicted molar refractivity (Wildman–Crippen MR) is 220 cm³/mol. The van der Waals surface area contributed by atoms with Gasteiger partial charge in [0.15, 0.2) is 0 Å². The zero-order valence-corrected chi connectivity index (χ0v) is 27.8. The van der Waals surface area contributed by atoms with Gasteiger partial charge in [0.05, 0.1) is 0 Å². The van der Waals surface area contributed by atoms with Gasteiger partial charge < -0.3 is 4.90 Å². The van der Waals surface area contributed by atoms with E-state index in [4.69, 9.17) is 0 Å². The summed E-state index contributed by atoms with van der Waals surface area (Å²) >= 11 is 0. The van der Waals surface area contributed by atoms with Gasteiger partial charge in [-0.25, -0.2) is 0 Å². The molecule has 0 amide bonds. The molecule has 0 aliphatic heterocycles. The standard InChI is InChI=1S/C50H31N/c1-3-11-34-27-42(23-21-32(34)9-1)51(43-24-22-33-10-2-4-12-35(33)28-43)44-29-39-19-17-37-25-41(26-38-18-20-40(30-44)50(39)49(37)38)48-31-36-13-5-6-14-45(36)46-15-7-8-16-47(46)48/h1-31H. The van der Waals surface area contributed by atoms with Crippen LogP contribution in [0.3, 0.4) is 0 Å². The second-order valence-electron chi connectivity index (χ2n) is 13.8. The summed E-state index contributed by atoms with van der Waals surface area (Å²) in [5.41, 5.74) is 5.96. The lowest BCUT2D eigenvalue weighted by Crippen LogP contribution is -2.10. The molecule has 0 aliphatic carbocycles. The maximum Gasteiger partial charge on any atom is 0.0473 e. The van der Waals surface area contributed by atoms with Gasteiger partial charge in [-0.1, -0.05) is 133 Å². The summed E-state index contributed by atoms with van der Waals surface area (Å²) < 4.78 is 0. The summed E-state index contributed by atoms with van der Waals surface area (Å²) in [6.07, 6.45) is 0. The van der Waals surface area contributed by atoms with Gasteiger partial charge in [0.25, 0.3) is 0 Å². The van der Waals surface area contributed by atoms with Crippen LogP contribution in [0.2, 0.25) is 0 Å². The van der Waals surface area contributed by atoms with E-state index in [0.29, 0.717) is 0 Å². The van der Waals surface area contributed by atoms with Crippen LogP contribution in [0.15, 0.2) is 188 Å². The SMILES string of the molecule is c1ccc2cc(N(c3ccc4ccccc4c3)c3cc4ccc5cc(-c6cc7ccccc7c7ccccc67)cc6ccc(c3)c4c56)ccc2c1. The van der Waals surface area contributed by atoms with Crippen LogP contribution in [-0.2, 0) is 0 Å². The largest absolute Gasteiger partial charge is 0.310 e. The number of fused-ring (bicyclic) bond motifs is 5. The number of nitrogens with zero attached hydrogens (tertiary/aromatic N) is 1. The van der Waals surface area contributed by atoms with Crippen LogP contribution >= 0.6 is 0 Å². The number of hydrogen-bond acceptors (Lipinski definition) is 1. The molecule has 0 heterocycles. The zero-order chi connectivity index (χ0) is 33.5. The summed E-state index contributed by atoms with van der Waals surface area (Å²) in [4.78, 5) is 2.41. The van der Waals surface area contributed by atoms with E-state index in [-0.39, 0.29) is 0 Å². The third-order valence-electron chi connectivity index (χ3n) is 10.8. The number of hydrogen-bond donors (Lipinski definition) is 0. The van der Waals surface area contributed by atoms with Gasteiger partial charge >= 0.3 is 0 Å². The topological polar surface area (TPSA) is 3.24 Å². The smallest absolute Gasteiger partial charge is 0.0473 e. The molecule has 0 radical (unpaired) electrons. The van der Waals surface area contributed by atoms with Crippen LogP contribution in [0.25, 0.3) is 86.5 Å². The minimum absolute atomic E-state index is 1.14. The fourth-order valence-corrected chi connectivity index (χ4v) is 8.48. The molecule has 0 aliphatic rings. The van der Waals surface area contributed by atoms with Gasteiger partial charge in [0, 0.05) is 17.1 Å². The highest BCUT2D eigenvalue weighted by molar-refractivity contribution is 6.25. The quantitative estimate of drug-likeness (QED) is 0.172. The maximum absolute atomic E-state index is 2.41. The minimum atomic E-state index is 1.14. The summed E-state index contributed by atoms with van der Waals surface area (Å²) in [5.74, 6) is 0. The van der Waals surface area contributed by atoms with E-state index in [1.807, 2.05) is 0 Å². The van der Waals surface area contributed by atoms with Crippen LogP contribution in [0.1, 0.15) is 0 Å². The Morgan fingerprint density at radius 3 is 1.24 bits per heavy atom. The Kier molecular flexibility index (Phi) is 6.02. The lowest BCUT2D eigenvalue weighted by Gasteiger charge is -2.27. The Balaban J connectivity index is 1.11. The average Bonchev–Trinajstić information content (AvgIpc) is 3.19. The van der Waals surface area contributed by atoms with Crippen molar-refractivity contribution in [1.29, 1.82) is 0 Å². The summed E-state index contributed by atoms with van der Waals surface area (Å²) in [5, 5.41) is 17.8. The van der Waals surface area contributed by atoms with Crippen molar-refractivity contribution in [2.45, 2.75) is 0 Å². The Morgan fingerprint density at radius 2 is 0.667 bits per heavy atom. The Bertz CT molecular complexity index is 3010. The molecule has 1 nitrogen and oxygen atoms in total. The molecule has 0 bridgehead atoms. The zero-order valence-electron chi connectivity index (χ0n) is 27.8. The van der Waals surface area contributed by atoms with Crippen LogP contribution in [-0.4, -0.2) is 0 Å². The molecule has 236 valence electrons. The molecule has 11 aromatic carbocycles. The first kappa shape index (κ1) is 28.2. The Hall–Kier alpha value is -6.70. The second-order valence-corrected chi connectivity index (χ2v) is 13.8. The Labute approximate surface area is 295 Å². The highest BCUT2D eigenvalue weighted by atomic mass is 15.1. The first-order valence-corrected chi connectivity index (χ1v) is 17.7. The molecule has 0 unspecified atom stereocenters. The first-order valence-electron chi connectivity index (χ1n) is 17.7. The third-order valence-corrected chi connectivity index (χ3v) is 10.8. The van der Waals surface area contributed by atoms with Crippen molar-refractivity contribution in [3.8, 4) is 11.1 Å². The molecule has 0 saturated heterocycles. The molecule has 11 aromatic rings. The number of anilines is 3. The van der Waals surface area contributed by atoms with Crippen molar-refractivity contribution in [2.24, 2.45) is 0 Å². The van der Waals surface area contributed by atoms with Crippen molar-refractivity contribution in [3.63, 3.8) is 0 Å². The third kappa shape index (κ3) is 4.42. The summed E-state index contributed by atoms with van der Waals surface area (Å²) in [7, 11) is 0. The van der Waals surface area contributed by atoms with Crippen LogP contribution < -0.4 is 4.90 Å². The van der Waals surface area contributed by atoms with Crippen molar-refractivity contribution in [3.05, 3.63) is 188 Å². The highest BCUT2D eigenvalue weighted by Crippen LogP contribution is 2.44. The first-order chi connectivity index (χ1) is 25.2. The van der Waals surface area contributed by atoms with Gasteiger partial charge in [0.2, 0.25) is 0 Å². The molecule has 0 spiro atoms. The van der Waals surface area contributed by atoms with Gasteiger partial charge in [-0.05, 0) is 141 Å². The number of benzene rings is 11. The van der Waals surface area contributed by atoms with Gasteiger partial charge in [-0.15, -0.1) is 0 Å². The van der Waals surface area contributed by atoms with E-state index < -0.39 is 0 Å². The monoisotopic (exact) mass is 645 g/mol. The van der Waals surface area contributed by atoms with Crippen LogP contribution in [0.4, 0.5) is 17.1 Å². The van der Waals surface area contributed by atoms with Crippen molar-refractivity contribution in [2.75, 3.05) is 4.90 Å². The lowest BCUT2D eigenvalue weighted by molar-refractivity contribution is 1.30. The highest BCUT2D eigenvalue weighted by Gasteiger charge is 2.18. The minimum Gasteiger partial charge on any atom is -0.310 e. The molecule has 0 N–H and O–H groups in total. The van der Waals surface area contributed by atoms with E-state index in [9.17, 15) is 0 Å². The fourth-order valence-electron chi connectivity index (χ4n) is 8.48. The molecule has 0 atom stereocenters. The molecular formula is C50H31N. The number of rotatable bonds is 4. The normalized spacial score (nSPS) is 11.9. The second kappa shape index (κ2) is 10.9.